The zero-order valence-electron chi connectivity index (χ0n) is 17.3. The lowest BCUT2D eigenvalue weighted by molar-refractivity contribution is -0.140. The van der Waals surface area contributed by atoms with Gasteiger partial charge in [0.25, 0.3) is 0 Å². The van der Waals surface area contributed by atoms with Gasteiger partial charge in [-0.15, -0.1) is 34.4 Å². The van der Waals surface area contributed by atoms with E-state index in [2.05, 4.69) is 9.97 Å². The molecule has 0 atom stereocenters. The van der Waals surface area contributed by atoms with Crippen LogP contribution >= 0.6 is 34.4 Å². The molecule has 172 valence electrons. The van der Waals surface area contributed by atoms with E-state index in [-0.39, 0.29) is 6.42 Å². The minimum Gasteiger partial charge on any atom is -0.481 e. The van der Waals surface area contributed by atoms with E-state index in [1.165, 1.54) is 28.7 Å². The van der Waals surface area contributed by atoms with Gasteiger partial charge in [0.15, 0.2) is 0 Å². The Morgan fingerprint density at radius 1 is 1.12 bits per heavy atom. The van der Waals surface area contributed by atoms with Crippen molar-refractivity contribution in [3.8, 4) is 10.6 Å². The van der Waals surface area contributed by atoms with Crippen LogP contribution in [0.25, 0.3) is 20.8 Å². The Morgan fingerprint density at radius 2 is 1.88 bits per heavy atom. The smallest absolute Gasteiger partial charge is 0.419 e. The topological polar surface area (TPSA) is 63.1 Å². The van der Waals surface area contributed by atoms with Crippen molar-refractivity contribution >= 4 is 50.6 Å². The van der Waals surface area contributed by atoms with Crippen LogP contribution in [0, 0.1) is 19.7 Å². The van der Waals surface area contributed by atoms with Gasteiger partial charge < -0.3 is 5.11 Å². The number of aryl methyl sites for hydroxylation is 2. The minimum atomic E-state index is -4.74. The van der Waals surface area contributed by atoms with Gasteiger partial charge in [-0.25, -0.2) is 14.4 Å². The van der Waals surface area contributed by atoms with Gasteiger partial charge in [-0.05, 0) is 43.7 Å². The third-order valence-electron chi connectivity index (χ3n) is 4.78. The van der Waals surface area contributed by atoms with E-state index >= 15 is 0 Å². The Hall–Kier alpha value is -2.50. The summed E-state index contributed by atoms with van der Waals surface area (Å²) in [7, 11) is 0. The predicted octanol–water partition coefficient (Wildman–Crippen LogP) is 7.11. The van der Waals surface area contributed by atoms with Crippen LogP contribution in [0.2, 0.25) is 0 Å². The summed E-state index contributed by atoms with van der Waals surface area (Å²) in [6.07, 6.45) is -4.86. The fraction of sp³-hybridized carbons (Fsp3) is 0.227. The summed E-state index contributed by atoms with van der Waals surface area (Å²) in [5.74, 6) is -1.67. The summed E-state index contributed by atoms with van der Waals surface area (Å²) in [4.78, 5) is 21.7. The van der Waals surface area contributed by atoms with Crippen LogP contribution in [0.1, 0.15) is 26.7 Å². The normalized spacial score (nSPS) is 11.9. The SMILES string of the molecule is Cc1nc(-c2ccc(C(F)(F)F)c(F)c2)sc1CSc1cc(C)c2sc(CC(=O)O)nc2c1. The van der Waals surface area contributed by atoms with E-state index in [1.807, 2.05) is 26.0 Å². The molecule has 0 aliphatic carbocycles. The molecular weight excluding hydrogens is 496 g/mol. The number of halogens is 4. The molecule has 2 aromatic heterocycles. The summed E-state index contributed by atoms with van der Waals surface area (Å²) in [6.45, 7) is 3.76. The van der Waals surface area contributed by atoms with E-state index < -0.39 is 23.5 Å². The standard InChI is InChI=1S/C22H16F4N2O2S3/c1-10-5-13(7-16-20(10)33-18(28-16)8-19(29)30)31-9-17-11(2)27-21(32-17)12-3-4-14(15(23)6-12)22(24,25)26/h3-7H,8-9H2,1-2H3,(H,29,30). The van der Waals surface area contributed by atoms with E-state index in [9.17, 15) is 22.4 Å². The maximum Gasteiger partial charge on any atom is 0.419 e. The number of aromatic nitrogens is 2. The highest BCUT2D eigenvalue weighted by Crippen LogP contribution is 2.37. The number of carbonyl (C=O) groups is 1. The van der Waals surface area contributed by atoms with Crippen molar-refractivity contribution in [1.82, 2.24) is 9.97 Å². The Balaban J connectivity index is 1.53. The van der Waals surface area contributed by atoms with Gasteiger partial charge in [-0.1, -0.05) is 6.07 Å². The molecule has 2 heterocycles. The first-order chi connectivity index (χ1) is 15.5. The maximum atomic E-state index is 14.0. The van der Waals surface area contributed by atoms with Crippen molar-refractivity contribution in [3.05, 3.63) is 62.9 Å². The summed E-state index contributed by atoms with van der Waals surface area (Å²) in [5, 5.41) is 10.00. The zero-order valence-corrected chi connectivity index (χ0v) is 19.7. The number of rotatable bonds is 6. The highest BCUT2D eigenvalue weighted by Gasteiger charge is 2.34. The molecule has 0 unspecified atom stereocenters. The summed E-state index contributed by atoms with van der Waals surface area (Å²) < 4.78 is 53.3. The van der Waals surface area contributed by atoms with Gasteiger partial charge >= 0.3 is 12.1 Å². The lowest BCUT2D eigenvalue weighted by Crippen LogP contribution is -2.07. The third-order valence-corrected chi connectivity index (χ3v) is 8.38. The minimum absolute atomic E-state index is 0.116. The molecule has 0 radical (unpaired) electrons. The van der Waals surface area contributed by atoms with Crippen LogP contribution in [-0.4, -0.2) is 21.0 Å². The molecule has 0 bridgehead atoms. The van der Waals surface area contributed by atoms with Crippen molar-refractivity contribution in [2.24, 2.45) is 0 Å². The molecule has 0 aliphatic rings. The summed E-state index contributed by atoms with van der Waals surface area (Å²) in [5.41, 5.74) is 1.50. The molecule has 0 saturated carbocycles. The number of aliphatic carboxylic acids is 1. The molecule has 0 saturated heterocycles. The molecule has 0 amide bonds. The van der Waals surface area contributed by atoms with Gasteiger partial charge in [0.2, 0.25) is 0 Å². The van der Waals surface area contributed by atoms with Crippen LogP contribution in [0.15, 0.2) is 35.2 Å². The van der Waals surface area contributed by atoms with Gasteiger partial charge in [0.05, 0.1) is 27.9 Å². The van der Waals surface area contributed by atoms with Crippen molar-refractivity contribution in [2.75, 3.05) is 0 Å². The van der Waals surface area contributed by atoms with Crippen LogP contribution in [0.5, 0.6) is 0 Å². The Kier molecular flexibility index (Phi) is 6.47. The van der Waals surface area contributed by atoms with Crippen LogP contribution in [-0.2, 0) is 23.1 Å². The number of benzene rings is 2. The highest BCUT2D eigenvalue weighted by molar-refractivity contribution is 7.98. The molecule has 4 nitrogen and oxygen atoms in total. The molecule has 1 N–H and O–H groups in total. The van der Waals surface area contributed by atoms with Crippen LogP contribution < -0.4 is 0 Å². The first kappa shape index (κ1) is 23.7. The van der Waals surface area contributed by atoms with Crippen molar-refractivity contribution in [1.29, 1.82) is 0 Å². The molecule has 4 aromatic rings. The molecule has 0 fully saturated rings. The van der Waals surface area contributed by atoms with Gasteiger partial charge in [-0.3, -0.25) is 4.79 Å². The molecular formula is C22H16F4N2O2S3. The fourth-order valence-corrected chi connectivity index (χ4v) is 6.45. The average Bonchev–Trinajstić information content (AvgIpc) is 3.28. The second-order valence-corrected chi connectivity index (χ2v) is 10.5. The second kappa shape index (κ2) is 9.03. The Morgan fingerprint density at radius 3 is 2.55 bits per heavy atom. The molecule has 0 aliphatic heterocycles. The van der Waals surface area contributed by atoms with E-state index in [0.29, 0.717) is 21.3 Å². The first-order valence-corrected chi connectivity index (χ1v) is 12.2. The van der Waals surface area contributed by atoms with Gasteiger partial charge in [-0.2, -0.15) is 13.2 Å². The molecule has 0 spiro atoms. The number of fused-ring (bicyclic) bond motifs is 1. The number of thioether (sulfide) groups is 1. The van der Waals surface area contributed by atoms with Crippen molar-refractivity contribution in [2.45, 2.75) is 37.1 Å². The van der Waals surface area contributed by atoms with Crippen LogP contribution in [0.4, 0.5) is 17.6 Å². The average molecular weight is 513 g/mol. The van der Waals surface area contributed by atoms with Gasteiger partial charge in [0, 0.05) is 21.1 Å². The number of thiazole rings is 2. The molecule has 33 heavy (non-hydrogen) atoms. The molecule has 11 heteroatoms. The number of hydrogen-bond acceptors (Lipinski definition) is 6. The molecule has 2 aromatic carbocycles. The van der Waals surface area contributed by atoms with E-state index in [0.717, 1.165) is 43.4 Å². The Labute approximate surface area is 198 Å². The second-order valence-electron chi connectivity index (χ2n) is 7.28. The largest absolute Gasteiger partial charge is 0.481 e. The number of alkyl halides is 3. The fourth-order valence-electron chi connectivity index (χ4n) is 3.21. The highest BCUT2D eigenvalue weighted by atomic mass is 32.2. The summed E-state index contributed by atoms with van der Waals surface area (Å²) >= 11 is 4.24. The number of carboxylic acids is 1. The van der Waals surface area contributed by atoms with E-state index in [1.54, 1.807) is 11.8 Å². The van der Waals surface area contributed by atoms with Crippen molar-refractivity contribution < 1.29 is 27.5 Å². The zero-order chi connectivity index (χ0) is 23.9. The summed E-state index contributed by atoms with van der Waals surface area (Å²) in [6, 6.07) is 6.76. The third kappa shape index (κ3) is 5.20. The lowest BCUT2D eigenvalue weighted by atomic mass is 10.1. The number of carboxylic acid groups (broad SMARTS) is 1. The number of hydrogen-bond donors (Lipinski definition) is 1. The monoisotopic (exact) mass is 512 g/mol. The Bertz CT molecular complexity index is 1360. The van der Waals surface area contributed by atoms with Crippen molar-refractivity contribution in [3.63, 3.8) is 0 Å². The maximum absolute atomic E-state index is 14.0. The van der Waals surface area contributed by atoms with Crippen LogP contribution in [0.3, 0.4) is 0 Å². The predicted molar refractivity (Wildman–Crippen MR) is 123 cm³/mol. The van der Waals surface area contributed by atoms with Gasteiger partial charge in [0.1, 0.15) is 15.8 Å². The quantitative estimate of drug-likeness (QED) is 0.220. The number of nitrogens with zero attached hydrogens (tertiary/aromatic N) is 2. The van der Waals surface area contributed by atoms with E-state index in [4.69, 9.17) is 5.11 Å². The first-order valence-electron chi connectivity index (χ1n) is 9.59. The lowest BCUT2D eigenvalue weighted by Gasteiger charge is -2.08. The molecule has 4 rings (SSSR count).